The van der Waals surface area contributed by atoms with Crippen LogP contribution in [0.2, 0.25) is 0 Å². The predicted octanol–water partition coefficient (Wildman–Crippen LogP) is 1.40. The molecule has 122 valence electrons. The molecule has 23 heavy (non-hydrogen) atoms. The zero-order chi connectivity index (χ0) is 16.7. The Morgan fingerprint density at radius 3 is 2.78 bits per heavy atom. The first kappa shape index (κ1) is 15.5. The van der Waals surface area contributed by atoms with Crippen LogP contribution in [-0.4, -0.2) is 34.8 Å². The third kappa shape index (κ3) is 2.57. The average Bonchev–Trinajstić information content (AvgIpc) is 2.93. The Morgan fingerprint density at radius 2 is 2.22 bits per heavy atom. The third-order valence-corrected chi connectivity index (χ3v) is 4.29. The van der Waals surface area contributed by atoms with Crippen molar-refractivity contribution in [3.05, 3.63) is 39.9 Å². The van der Waals surface area contributed by atoms with Gasteiger partial charge < -0.3 is 20.3 Å². The maximum absolute atomic E-state index is 14.5. The first-order valence-corrected chi connectivity index (χ1v) is 7.53. The van der Waals surface area contributed by atoms with Crippen LogP contribution < -0.4 is 16.1 Å². The number of nitrogens with zero attached hydrogens (tertiary/aromatic N) is 2. The van der Waals surface area contributed by atoms with Gasteiger partial charge in [-0.2, -0.15) is 0 Å². The van der Waals surface area contributed by atoms with E-state index in [1.807, 2.05) is 11.8 Å². The van der Waals surface area contributed by atoms with Crippen LogP contribution in [0.4, 0.5) is 10.1 Å². The number of hydrogen-bond acceptors (Lipinski definition) is 4. The number of halogens is 1. The summed E-state index contributed by atoms with van der Waals surface area (Å²) in [7, 11) is 0. The van der Waals surface area contributed by atoms with E-state index in [1.54, 1.807) is 10.6 Å². The molecule has 7 heteroatoms. The molecule has 0 aliphatic carbocycles. The molecule has 6 nitrogen and oxygen atoms in total. The number of aromatic nitrogens is 1. The van der Waals surface area contributed by atoms with Gasteiger partial charge in [-0.25, -0.2) is 9.18 Å². The van der Waals surface area contributed by atoms with Crippen LogP contribution in [-0.2, 0) is 6.54 Å². The smallest absolute Gasteiger partial charge is 0.341 e. The molecule has 1 saturated heterocycles. The SMILES string of the molecule is CCn1cc(C(=O)O)c(=O)c2cc(F)c(N3CCC(N)C3)cc21. The minimum Gasteiger partial charge on any atom is -0.477 e. The largest absolute Gasteiger partial charge is 0.477 e. The van der Waals surface area contributed by atoms with Crippen molar-refractivity contribution in [3.63, 3.8) is 0 Å². The van der Waals surface area contributed by atoms with E-state index in [2.05, 4.69) is 0 Å². The summed E-state index contributed by atoms with van der Waals surface area (Å²) in [6, 6.07) is 2.75. The number of hydrogen-bond donors (Lipinski definition) is 2. The van der Waals surface area contributed by atoms with E-state index in [0.29, 0.717) is 30.8 Å². The molecule has 1 aliphatic rings. The number of nitrogens with two attached hydrogens (primary N) is 1. The van der Waals surface area contributed by atoms with Gasteiger partial charge in [-0.1, -0.05) is 0 Å². The summed E-state index contributed by atoms with van der Waals surface area (Å²) < 4.78 is 16.1. The minimum atomic E-state index is -1.31. The molecule has 0 amide bonds. The van der Waals surface area contributed by atoms with Crippen LogP contribution in [0.5, 0.6) is 0 Å². The Labute approximate surface area is 131 Å². The van der Waals surface area contributed by atoms with E-state index < -0.39 is 17.2 Å². The highest BCUT2D eigenvalue weighted by molar-refractivity contribution is 5.93. The number of carboxylic acid groups (broad SMARTS) is 1. The molecular weight excluding hydrogens is 301 g/mol. The molecule has 1 aromatic heterocycles. The van der Waals surface area contributed by atoms with Gasteiger partial charge in [0.15, 0.2) is 0 Å². The highest BCUT2D eigenvalue weighted by atomic mass is 19.1. The fourth-order valence-corrected chi connectivity index (χ4v) is 3.06. The van der Waals surface area contributed by atoms with Gasteiger partial charge in [-0.15, -0.1) is 0 Å². The van der Waals surface area contributed by atoms with Gasteiger partial charge in [0.1, 0.15) is 11.4 Å². The number of rotatable bonds is 3. The van der Waals surface area contributed by atoms with Gasteiger partial charge in [0, 0.05) is 37.3 Å². The van der Waals surface area contributed by atoms with Crippen molar-refractivity contribution >= 4 is 22.6 Å². The molecule has 0 saturated carbocycles. The van der Waals surface area contributed by atoms with E-state index >= 15 is 0 Å². The van der Waals surface area contributed by atoms with Crippen LogP contribution in [0.3, 0.4) is 0 Å². The number of fused-ring (bicyclic) bond motifs is 1. The monoisotopic (exact) mass is 319 g/mol. The van der Waals surface area contributed by atoms with Crippen LogP contribution in [0.15, 0.2) is 23.1 Å². The Kier molecular flexibility index (Phi) is 3.81. The van der Waals surface area contributed by atoms with Gasteiger partial charge in [0.2, 0.25) is 5.43 Å². The quantitative estimate of drug-likeness (QED) is 0.892. The highest BCUT2D eigenvalue weighted by Gasteiger charge is 2.23. The van der Waals surface area contributed by atoms with Crippen molar-refractivity contribution in [1.29, 1.82) is 0 Å². The number of pyridine rings is 1. The van der Waals surface area contributed by atoms with Gasteiger partial charge in [-0.3, -0.25) is 4.79 Å². The molecule has 0 bridgehead atoms. The molecule has 1 aliphatic heterocycles. The maximum Gasteiger partial charge on any atom is 0.341 e. The fourth-order valence-electron chi connectivity index (χ4n) is 3.06. The van der Waals surface area contributed by atoms with Gasteiger partial charge in [-0.05, 0) is 25.5 Å². The van der Waals surface area contributed by atoms with E-state index in [1.165, 1.54) is 6.20 Å². The molecule has 0 radical (unpaired) electrons. The maximum atomic E-state index is 14.5. The van der Waals surface area contributed by atoms with E-state index in [0.717, 1.165) is 12.5 Å². The second-order valence-corrected chi connectivity index (χ2v) is 5.78. The Morgan fingerprint density at radius 1 is 1.48 bits per heavy atom. The first-order chi connectivity index (χ1) is 10.9. The lowest BCUT2D eigenvalue weighted by molar-refractivity contribution is 0.0695. The number of carbonyl (C=O) groups is 1. The van der Waals surface area contributed by atoms with Crippen molar-refractivity contribution in [1.82, 2.24) is 4.57 Å². The standard InChI is InChI=1S/C16H18FN3O3/c1-2-19-8-11(16(22)23)15(21)10-5-12(17)14(6-13(10)19)20-4-3-9(18)7-20/h5-6,8-9H,2-4,7,18H2,1H3,(H,22,23). The zero-order valence-corrected chi connectivity index (χ0v) is 12.8. The molecule has 1 fully saturated rings. The van der Waals surface area contributed by atoms with Gasteiger partial charge in [0.25, 0.3) is 0 Å². The van der Waals surface area contributed by atoms with Crippen molar-refractivity contribution in [2.24, 2.45) is 5.73 Å². The Balaban J connectivity index is 2.25. The molecule has 0 spiro atoms. The fraction of sp³-hybridized carbons (Fsp3) is 0.375. The zero-order valence-electron chi connectivity index (χ0n) is 12.8. The summed E-state index contributed by atoms with van der Waals surface area (Å²) in [5.41, 5.74) is 5.78. The number of aryl methyl sites for hydroxylation is 1. The molecule has 1 atom stereocenters. The lowest BCUT2D eigenvalue weighted by atomic mass is 10.1. The van der Waals surface area contributed by atoms with E-state index in [9.17, 15) is 14.0 Å². The molecule has 1 unspecified atom stereocenters. The minimum absolute atomic E-state index is 0.00727. The topological polar surface area (TPSA) is 88.6 Å². The van der Waals surface area contributed by atoms with E-state index in [4.69, 9.17) is 10.8 Å². The van der Waals surface area contributed by atoms with Gasteiger partial charge in [0.05, 0.1) is 11.2 Å². The van der Waals surface area contributed by atoms with Crippen molar-refractivity contribution in [2.45, 2.75) is 25.9 Å². The number of benzene rings is 1. The summed E-state index contributed by atoms with van der Waals surface area (Å²) in [5.74, 6) is -1.84. The predicted molar refractivity (Wildman–Crippen MR) is 85.6 cm³/mol. The Bertz CT molecular complexity index is 847. The number of anilines is 1. The third-order valence-electron chi connectivity index (χ3n) is 4.29. The summed E-state index contributed by atoms with van der Waals surface area (Å²) in [4.78, 5) is 25.3. The molecule has 1 aromatic carbocycles. The average molecular weight is 319 g/mol. The molecule has 3 N–H and O–H groups in total. The Hall–Kier alpha value is -2.41. The molecule has 3 rings (SSSR count). The summed E-state index contributed by atoms with van der Waals surface area (Å²) in [6.07, 6.45) is 2.10. The lowest BCUT2D eigenvalue weighted by Crippen LogP contribution is -2.27. The van der Waals surface area contributed by atoms with E-state index in [-0.39, 0.29) is 17.0 Å². The number of aromatic carboxylic acids is 1. The molecule has 2 aromatic rings. The molecule has 2 heterocycles. The van der Waals surface area contributed by atoms with Crippen LogP contribution in [0.25, 0.3) is 10.9 Å². The highest BCUT2D eigenvalue weighted by Crippen LogP contribution is 2.27. The second-order valence-electron chi connectivity index (χ2n) is 5.78. The lowest BCUT2D eigenvalue weighted by Gasteiger charge is -2.20. The van der Waals surface area contributed by atoms with Gasteiger partial charge >= 0.3 is 5.97 Å². The summed E-state index contributed by atoms with van der Waals surface area (Å²) >= 11 is 0. The van der Waals surface area contributed by atoms with Crippen molar-refractivity contribution in [3.8, 4) is 0 Å². The first-order valence-electron chi connectivity index (χ1n) is 7.53. The normalized spacial score (nSPS) is 17.9. The van der Waals surface area contributed by atoms with Crippen molar-refractivity contribution < 1.29 is 14.3 Å². The van der Waals surface area contributed by atoms with Crippen molar-refractivity contribution in [2.75, 3.05) is 18.0 Å². The van der Waals surface area contributed by atoms with Crippen LogP contribution >= 0.6 is 0 Å². The second kappa shape index (κ2) is 5.66. The number of carboxylic acids is 1. The summed E-state index contributed by atoms with van der Waals surface area (Å²) in [5, 5.41) is 9.22. The summed E-state index contributed by atoms with van der Waals surface area (Å²) in [6.45, 7) is 3.53. The molecular formula is C16H18FN3O3. The van der Waals surface area contributed by atoms with Crippen LogP contribution in [0.1, 0.15) is 23.7 Å². The van der Waals surface area contributed by atoms with Crippen LogP contribution in [0, 0.1) is 5.82 Å².